The maximum absolute atomic E-state index is 11.5. The molecule has 0 aromatic rings. The summed E-state index contributed by atoms with van der Waals surface area (Å²) in [5.74, 6) is 0.976. The highest BCUT2D eigenvalue weighted by Gasteiger charge is 2.14. The number of nitrogens with one attached hydrogen (secondary N) is 1. The van der Waals surface area contributed by atoms with E-state index in [2.05, 4.69) is 13.8 Å². The van der Waals surface area contributed by atoms with Crippen LogP contribution in [0.3, 0.4) is 0 Å². The van der Waals surface area contributed by atoms with E-state index in [-0.39, 0.29) is 5.25 Å². The molecule has 2 unspecified atom stereocenters. The Balaban J connectivity index is 4.15. The van der Waals surface area contributed by atoms with Gasteiger partial charge in [0.05, 0.1) is 0 Å². The van der Waals surface area contributed by atoms with Gasteiger partial charge in [0, 0.05) is 20.7 Å². The first-order valence-corrected chi connectivity index (χ1v) is 5.94. The molecule has 0 aliphatic heterocycles. The summed E-state index contributed by atoms with van der Waals surface area (Å²) in [6, 6.07) is 0. The van der Waals surface area contributed by atoms with E-state index < -0.39 is 9.73 Å². The molecule has 0 spiro atoms. The molecule has 0 saturated carbocycles. The maximum atomic E-state index is 11.5. The van der Waals surface area contributed by atoms with Crippen molar-refractivity contribution < 1.29 is 4.21 Å². The summed E-state index contributed by atoms with van der Waals surface area (Å²) >= 11 is 0. The molecule has 0 aliphatic rings. The van der Waals surface area contributed by atoms with E-state index in [1.165, 1.54) is 0 Å². The second kappa shape index (κ2) is 4.10. The molecule has 0 aromatic heterocycles. The summed E-state index contributed by atoms with van der Waals surface area (Å²) in [4.78, 5) is 0. The number of rotatable bonds is 4. The van der Waals surface area contributed by atoms with Gasteiger partial charge in [0.25, 0.3) is 0 Å². The molecular weight excluding hydrogens is 158 g/mol. The third kappa shape index (κ3) is 3.75. The lowest BCUT2D eigenvalue weighted by Gasteiger charge is -2.14. The first kappa shape index (κ1) is 11.0. The van der Waals surface area contributed by atoms with Crippen molar-refractivity contribution >= 4 is 9.73 Å². The Morgan fingerprint density at radius 3 is 2.09 bits per heavy atom. The summed E-state index contributed by atoms with van der Waals surface area (Å²) in [5, 5.41) is -0.00324. The predicted molar refractivity (Wildman–Crippen MR) is 50.3 cm³/mol. The third-order valence-electron chi connectivity index (χ3n) is 1.99. The summed E-state index contributed by atoms with van der Waals surface area (Å²) in [6.07, 6.45) is 1.02. The van der Waals surface area contributed by atoms with Crippen molar-refractivity contribution in [3.8, 4) is 0 Å². The Kier molecular flexibility index (Phi) is 4.08. The van der Waals surface area contributed by atoms with Crippen LogP contribution in [0, 0.1) is 10.7 Å². The van der Waals surface area contributed by atoms with Gasteiger partial charge in [-0.1, -0.05) is 34.1 Å². The second-order valence-corrected chi connectivity index (χ2v) is 6.18. The largest absolute Gasteiger partial charge is 0.253 e. The van der Waals surface area contributed by atoms with Gasteiger partial charge in [0.15, 0.2) is 0 Å². The topological polar surface area (TPSA) is 40.9 Å². The fourth-order valence-electron chi connectivity index (χ4n) is 0.733. The zero-order chi connectivity index (χ0) is 9.07. The Bertz CT molecular complexity index is 194. The Morgan fingerprint density at radius 2 is 1.82 bits per heavy atom. The lowest BCUT2D eigenvalue weighted by Crippen LogP contribution is -2.20. The van der Waals surface area contributed by atoms with Crippen LogP contribution in [0.4, 0.5) is 0 Å². The van der Waals surface area contributed by atoms with Gasteiger partial charge in [-0.05, 0) is 5.92 Å². The van der Waals surface area contributed by atoms with Crippen molar-refractivity contribution in [2.45, 2.75) is 39.4 Å². The number of hydrogen-bond donors (Lipinski definition) is 1. The molecule has 0 heterocycles. The average molecular weight is 177 g/mol. The molecule has 0 radical (unpaired) electrons. The molecule has 0 fully saturated rings. The Hall–Kier alpha value is -0.0500. The van der Waals surface area contributed by atoms with Crippen molar-refractivity contribution in [2.75, 3.05) is 5.75 Å². The van der Waals surface area contributed by atoms with Crippen molar-refractivity contribution in [1.82, 2.24) is 0 Å². The molecule has 0 bridgehead atoms. The minimum Gasteiger partial charge on any atom is -0.253 e. The van der Waals surface area contributed by atoms with Gasteiger partial charge in [-0.25, -0.2) is 4.21 Å². The van der Waals surface area contributed by atoms with Crippen LogP contribution in [0.5, 0.6) is 0 Å². The highest BCUT2D eigenvalue weighted by molar-refractivity contribution is 7.92. The lowest BCUT2D eigenvalue weighted by molar-refractivity contribution is 0.606. The van der Waals surface area contributed by atoms with Gasteiger partial charge >= 0.3 is 0 Å². The standard InChI is InChI=1S/C8H19NOS/c1-5-8(4)6-11(9,10)7(2)3/h7-9H,5-6H2,1-4H3. The van der Waals surface area contributed by atoms with E-state index in [1.54, 1.807) is 0 Å². The summed E-state index contributed by atoms with van der Waals surface area (Å²) in [6.45, 7) is 7.84. The van der Waals surface area contributed by atoms with Crippen LogP contribution >= 0.6 is 0 Å². The van der Waals surface area contributed by atoms with Crippen LogP contribution in [0.25, 0.3) is 0 Å². The molecular formula is C8H19NOS. The van der Waals surface area contributed by atoms with Crippen molar-refractivity contribution in [3.63, 3.8) is 0 Å². The quantitative estimate of drug-likeness (QED) is 0.704. The molecule has 1 N–H and O–H groups in total. The van der Waals surface area contributed by atoms with E-state index in [9.17, 15) is 4.21 Å². The highest BCUT2D eigenvalue weighted by atomic mass is 32.2. The zero-order valence-corrected chi connectivity index (χ0v) is 8.70. The fraction of sp³-hybridized carbons (Fsp3) is 1.00. The molecule has 3 heteroatoms. The van der Waals surface area contributed by atoms with Crippen LogP contribution in [-0.4, -0.2) is 15.2 Å². The maximum Gasteiger partial charge on any atom is 0.0467 e. The lowest BCUT2D eigenvalue weighted by atomic mass is 10.2. The smallest absolute Gasteiger partial charge is 0.0467 e. The van der Waals surface area contributed by atoms with Crippen molar-refractivity contribution in [3.05, 3.63) is 0 Å². The molecule has 68 valence electrons. The molecule has 2 atom stereocenters. The minimum absolute atomic E-state index is 0.00324. The molecule has 0 aromatic carbocycles. The van der Waals surface area contributed by atoms with Crippen LogP contribution in [-0.2, 0) is 9.73 Å². The first-order chi connectivity index (χ1) is 4.90. The van der Waals surface area contributed by atoms with Crippen LogP contribution in [0.15, 0.2) is 0 Å². The predicted octanol–water partition coefficient (Wildman–Crippen LogP) is 2.49. The van der Waals surface area contributed by atoms with E-state index >= 15 is 0 Å². The van der Waals surface area contributed by atoms with Gasteiger partial charge in [0.2, 0.25) is 0 Å². The molecule has 11 heavy (non-hydrogen) atoms. The minimum atomic E-state index is -2.31. The zero-order valence-electron chi connectivity index (χ0n) is 7.89. The monoisotopic (exact) mass is 177 g/mol. The molecule has 0 aliphatic carbocycles. The molecule has 0 amide bonds. The highest BCUT2D eigenvalue weighted by Crippen LogP contribution is 2.10. The van der Waals surface area contributed by atoms with Gasteiger partial charge in [-0.3, -0.25) is 4.78 Å². The van der Waals surface area contributed by atoms with Gasteiger partial charge in [-0.15, -0.1) is 0 Å². The average Bonchev–Trinajstić information content (AvgIpc) is 1.86. The number of hydrogen-bond acceptors (Lipinski definition) is 2. The summed E-state index contributed by atoms with van der Waals surface area (Å²) < 4.78 is 19.1. The van der Waals surface area contributed by atoms with Crippen LogP contribution in [0.2, 0.25) is 0 Å². The first-order valence-electron chi connectivity index (χ1n) is 4.15. The van der Waals surface area contributed by atoms with Crippen LogP contribution in [0.1, 0.15) is 34.1 Å². The van der Waals surface area contributed by atoms with Gasteiger partial charge in [0.1, 0.15) is 0 Å². The van der Waals surface area contributed by atoms with E-state index in [4.69, 9.17) is 4.78 Å². The fourth-order valence-corrected chi connectivity index (χ4v) is 2.20. The van der Waals surface area contributed by atoms with Crippen molar-refractivity contribution in [2.24, 2.45) is 5.92 Å². The van der Waals surface area contributed by atoms with Crippen LogP contribution < -0.4 is 0 Å². The van der Waals surface area contributed by atoms with E-state index in [0.717, 1.165) is 6.42 Å². The Labute approximate surface area is 70.4 Å². The molecule has 0 saturated heterocycles. The normalized spacial score (nSPS) is 19.7. The SMILES string of the molecule is CCC(C)CS(=N)(=O)C(C)C. The van der Waals surface area contributed by atoms with Gasteiger partial charge < -0.3 is 0 Å². The van der Waals surface area contributed by atoms with E-state index in [1.807, 2.05) is 13.8 Å². The Morgan fingerprint density at radius 1 is 1.36 bits per heavy atom. The summed E-state index contributed by atoms with van der Waals surface area (Å²) in [7, 11) is -2.31. The van der Waals surface area contributed by atoms with Gasteiger partial charge in [-0.2, -0.15) is 0 Å². The summed E-state index contributed by atoms with van der Waals surface area (Å²) in [5.41, 5.74) is 0. The third-order valence-corrected chi connectivity index (χ3v) is 4.58. The van der Waals surface area contributed by atoms with Crippen molar-refractivity contribution in [1.29, 1.82) is 4.78 Å². The second-order valence-electron chi connectivity index (χ2n) is 3.46. The molecule has 2 nitrogen and oxygen atoms in total. The van der Waals surface area contributed by atoms with E-state index in [0.29, 0.717) is 11.7 Å². The molecule has 0 rings (SSSR count).